The molecular weight excluding hydrogens is 255 g/mol. The van der Waals surface area contributed by atoms with Crippen molar-refractivity contribution in [3.8, 4) is 0 Å². The Bertz CT molecular complexity index is 341. The SMILES string of the molecule is O=C(O)C1Cc2ccccc2C[N-]1.[Y]. The molecule has 0 saturated carbocycles. The molecule has 1 aromatic rings. The molecule has 0 spiro atoms. The monoisotopic (exact) mass is 265 g/mol. The Hall–Kier alpha value is -0.246. The molecule has 1 atom stereocenters. The summed E-state index contributed by atoms with van der Waals surface area (Å²) < 4.78 is 0. The summed E-state index contributed by atoms with van der Waals surface area (Å²) in [5.41, 5.74) is 2.27. The summed E-state index contributed by atoms with van der Waals surface area (Å²) in [5, 5.41) is 12.8. The molecule has 1 heterocycles. The van der Waals surface area contributed by atoms with Crippen LogP contribution >= 0.6 is 0 Å². The Labute approximate surface area is 108 Å². The van der Waals surface area contributed by atoms with Gasteiger partial charge in [0.1, 0.15) is 0 Å². The van der Waals surface area contributed by atoms with Crippen LogP contribution in [0, 0.1) is 0 Å². The minimum Gasteiger partial charge on any atom is -0.646 e. The molecule has 0 bridgehead atoms. The van der Waals surface area contributed by atoms with Gasteiger partial charge in [-0.05, 0) is 18.0 Å². The van der Waals surface area contributed by atoms with Gasteiger partial charge in [0, 0.05) is 32.7 Å². The number of carboxylic acid groups (broad SMARTS) is 1. The number of hydrogen-bond donors (Lipinski definition) is 1. The van der Waals surface area contributed by atoms with Gasteiger partial charge in [-0.25, -0.2) is 0 Å². The average molecular weight is 265 g/mol. The molecule has 0 saturated heterocycles. The minimum atomic E-state index is -0.825. The molecule has 3 nitrogen and oxygen atoms in total. The van der Waals surface area contributed by atoms with Crippen molar-refractivity contribution in [1.82, 2.24) is 0 Å². The fraction of sp³-hybridized carbons (Fsp3) is 0.300. The smallest absolute Gasteiger partial charge is 0.285 e. The predicted molar refractivity (Wildman–Crippen MR) is 48.6 cm³/mol. The zero-order valence-electron chi connectivity index (χ0n) is 7.68. The van der Waals surface area contributed by atoms with Crippen LogP contribution in [0.5, 0.6) is 0 Å². The molecule has 1 radical (unpaired) electrons. The Morgan fingerprint density at radius 2 is 2.00 bits per heavy atom. The number of fused-ring (bicyclic) bond motifs is 1. The fourth-order valence-electron chi connectivity index (χ4n) is 1.56. The summed E-state index contributed by atoms with van der Waals surface area (Å²) >= 11 is 0. The Balaban J connectivity index is 0.000000980. The maximum atomic E-state index is 10.7. The summed E-state index contributed by atoms with van der Waals surface area (Å²) in [5.74, 6) is -0.825. The first-order valence-corrected chi connectivity index (χ1v) is 4.23. The second-order valence-corrected chi connectivity index (χ2v) is 3.17. The van der Waals surface area contributed by atoms with Crippen LogP contribution in [0.25, 0.3) is 5.32 Å². The quantitative estimate of drug-likeness (QED) is 0.837. The molecule has 2 rings (SSSR count). The summed E-state index contributed by atoms with van der Waals surface area (Å²) in [4.78, 5) is 10.7. The molecule has 71 valence electrons. The van der Waals surface area contributed by atoms with E-state index in [2.05, 4.69) is 5.32 Å². The molecule has 1 unspecified atom stereocenters. The van der Waals surface area contributed by atoms with Gasteiger partial charge in [0.25, 0.3) is 5.97 Å². The van der Waals surface area contributed by atoms with E-state index in [4.69, 9.17) is 5.11 Å². The van der Waals surface area contributed by atoms with E-state index in [1.165, 1.54) is 0 Å². The van der Waals surface area contributed by atoms with Gasteiger partial charge in [0.15, 0.2) is 0 Å². The predicted octanol–water partition coefficient (Wildman–Crippen LogP) is 1.57. The first kappa shape index (κ1) is 11.8. The van der Waals surface area contributed by atoms with Crippen molar-refractivity contribution in [2.75, 3.05) is 0 Å². The standard InChI is InChI=1S/C10H10NO2.Y/c12-10(13)9-5-7-3-1-2-4-8(7)6-11-9;/h1-4,9H,5-6H2,(H,12,13);/q-1;. The van der Waals surface area contributed by atoms with E-state index in [-0.39, 0.29) is 32.7 Å². The number of rotatable bonds is 1. The molecule has 0 amide bonds. The Morgan fingerprint density at radius 1 is 1.36 bits per heavy atom. The molecule has 1 aliphatic rings. The van der Waals surface area contributed by atoms with Crippen LogP contribution in [-0.4, -0.2) is 17.1 Å². The van der Waals surface area contributed by atoms with Gasteiger partial charge in [-0.1, -0.05) is 29.8 Å². The van der Waals surface area contributed by atoms with Crippen LogP contribution in [0.3, 0.4) is 0 Å². The Kier molecular flexibility index (Phi) is 4.23. The molecule has 4 heteroatoms. The maximum absolute atomic E-state index is 10.7. The summed E-state index contributed by atoms with van der Waals surface area (Å²) in [6, 6.07) is 7.31. The molecule has 14 heavy (non-hydrogen) atoms. The zero-order chi connectivity index (χ0) is 9.26. The third-order valence-electron chi connectivity index (χ3n) is 2.30. The summed E-state index contributed by atoms with van der Waals surface area (Å²) in [6.07, 6.45) is 0.533. The number of aliphatic carboxylic acids is 1. The van der Waals surface area contributed by atoms with Gasteiger partial charge in [-0.3, -0.25) is 4.79 Å². The van der Waals surface area contributed by atoms with E-state index in [1.54, 1.807) is 0 Å². The first-order valence-electron chi connectivity index (χ1n) is 4.23. The number of nitrogens with zero attached hydrogens (tertiary/aromatic N) is 1. The van der Waals surface area contributed by atoms with E-state index >= 15 is 0 Å². The van der Waals surface area contributed by atoms with Crippen molar-refractivity contribution in [3.63, 3.8) is 0 Å². The van der Waals surface area contributed by atoms with Gasteiger partial charge in [0.2, 0.25) is 0 Å². The number of carbonyl (C=O) groups is 1. The molecule has 1 aromatic carbocycles. The molecule has 1 N–H and O–H groups in total. The van der Waals surface area contributed by atoms with Crippen LogP contribution in [-0.2, 0) is 50.5 Å². The van der Waals surface area contributed by atoms with Crippen molar-refractivity contribution >= 4 is 5.97 Å². The van der Waals surface area contributed by atoms with Gasteiger partial charge in [-0.15, -0.1) is 6.54 Å². The zero-order valence-corrected chi connectivity index (χ0v) is 10.5. The average Bonchev–Trinajstić information content (AvgIpc) is 2.17. The molecular formula is C10H10NO2Y-. The fourth-order valence-corrected chi connectivity index (χ4v) is 1.56. The summed E-state index contributed by atoms with van der Waals surface area (Å²) in [6.45, 7) is 0.535. The third kappa shape index (κ3) is 2.41. The number of benzene rings is 1. The van der Waals surface area contributed by atoms with Crippen LogP contribution in [0.1, 0.15) is 11.1 Å². The van der Waals surface area contributed by atoms with Crippen molar-refractivity contribution in [1.29, 1.82) is 0 Å². The van der Waals surface area contributed by atoms with Crippen LogP contribution in [0.2, 0.25) is 0 Å². The molecule has 0 fully saturated rings. The topological polar surface area (TPSA) is 51.4 Å². The second-order valence-electron chi connectivity index (χ2n) is 3.17. The van der Waals surface area contributed by atoms with E-state index in [1.807, 2.05) is 24.3 Å². The van der Waals surface area contributed by atoms with Crippen LogP contribution < -0.4 is 0 Å². The number of hydrogen-bond acceptors (Lipinski definition) is 1. The maximum Gasteiger partial charge on any atom is 0.285 e. The normalized spacial score (nSPS) is 19.3. The first-order chi connectivity index (χ1) is 6.27. The largest absolute Gasteiger partial charge is 0.646 e. The number of carboxylic acids is 1. The molecule has 0 aromatic heterocycles. The van der Waals surface area contributed by atoms with Gasteiger partial charge >= 0.3 is 0 Å². The Morgan fingerprint density at radius 3 is 2.64 bits per heavy atom. The van der Waals surface area contributed by atoms with E-state index in [9.17, 15) is 4.79 Å². The van der Waals surface area contributed by atoms with Gasteiger partial charge in [-0.2, -0.15) is 0 Å². The van der Waals surface area contributed by atoms with Crippen LogP contribution in [0.4, 0.5) is 0 Å². The van der Waals surface area contributed by atoms with E-state index in [0.717, 1.165) is 11.1 Å². The van der Waals surface area contributed by atoms with Crippen molar-refractivity contribution in [2.24, 2.45) is 0 Å². The van der Waals surface area contributed by atoms with E-state index < -0.39 is 12.0 Å². The van der Waals surface area contributed by atoms with Gasteiger partial charge in [0.05, 0.1) is 0 Å². The van der Waals surface area contributed by atoms with Gasteiger partial charge < -0.3 is 10.4 Å². The van der Waals surface area contributed by atoms with Crippen molar-refractivity contribution < 1.29 is 42.6 Å². The molecule has 0 aliphatic carbocycles. The van der Waals surface area contributed by atoms with Crippen molar-refractivity contribution in [2.45, 2.75) is 19.0 Å². The minimum absolute atomic E-state index is 0. The van der Waals surface area contributed by atoms with E-state index in [0.29, 0.717) is 13.0 Å². The van der Waals surface area contributed by atoms with Crippen molar-refractivity contribution in [3.05, 3.63) is 40.7 Å². The second kappa shape index (κ2) is 5.01. The third-order valence-corrected chi connectivity index (χ3v) is 2.30. The van der Waals surface area contributed by atoms with Crippen LogP contribution in [0.15, 0.2) is 24.3 Å². The molecule has 1 aliphatic heterocycles. The summed E-state index contributed by atoms with van der Waals surface area (Å²) in [7, 11) is 0.